The van der Waals surface area contributed by atoms with E-state index in [0.29, 0.717) is 29.8 Å². The number of nitrogens with one attached hydrogen (secondary N) is 2. The predicted octanol–water partition coefficient (Wildman–Crippen LogP) is 0.416. The lowest BCUT2D eigenvalue weighted by molar-refractivity contribution is -0.124. The van der Waals surface area contributed by atoms with Gasteiger partial charge < -0.3 is 10.3 Å². The first kappa shape index (κ1) is 12.8. The van der Waals surface area contributed by atoms with Crippen LogP contribution in [-0.4, -0.2) is 40.4 Å². The number of aromatic amines is 1. The summed E-state index contributed by atoms with van der Waals surface area (Å²) in [6.45, 7) is 3.66. The third-order valence-corrected chi connectivity index (χ3v) is 3.64. The Balaban J connectivity index is 1.97. The Morgan fingerprint density at radius 1 is 1.30 bits per heavy atom. The lowest BCUT2D eigenvalue weighted by atomic mass is 10.2. The monoisotopic (exact) mass is 272 g/mol. The summed E-state index contributed by atoms with van der Waals surface area (Å²) in [6, 6.07) is 7.15. The van der Waals surface area contributed by atoms with Crippen LogP contribution in [0.4, 0.5) is 0 Å². The maximum atomic E-state index is 12.1. The van der Waals surface area contributed by atoms with Crippen molar-refractivity contribution in [1.29, 1.82) is 0 Å². The molecule has 1 aromatic heterocycles. The Bertz CT molecular complexity index is 710. The summed E-state index contributed by atoms with van der Waals surface area (Å²) in [4.78, 5) is 32.8. The van der Waals surface area contributed by atoms with Gasteiger partial charge in [-0.3, -0.25) is 14.5 Å². The predicted molar refractivity (Wildman–Crippen MR) is 75.4 cm³/mol. The average Bonchev–Trinajstić information content (AvgIpc) is 2.46. The van der Waals surface area contributed by atoms with E-state index in [1.54, 1.807) is 6.07 Å². The number of piperazine rings is 1. The molecular weight excluding hydrogens is 256 g/mol. The van der Waals surface area contributed by atoms with Crippen molar-refractivity contribution in [3.05, 3.63) is 40.4 Å². The first-order chi connectivity index (χ1) is 9.65. The van der Waals surface area contributed by atoms with Crippen molar-refractivity contribution in [3.8, 4) is 0 Å². The van der Waals surface area contributed by atoms with E-state index in [4.69, 9.17) is 0 Å². The zero-order valence-corrected chi connectivity index (χ0v) is 11.2. The molecule has 0 radical (unpaired) electrons. The minimum Gasteiger partial charge on any atom is -0.354 e. The van der Waals surface area contributed by atoms with Crippen LogP contribution in [0.2, 0.25) is 0 Å². The van der Waals surface area contributed by atoms with Gasteiger partial charge in [-0.2, -0.15) is 0 Å². The van der Waals surface area contributed by atoms with Crippen LogP contribution in [-0.2, 0) is 4.79 Å². The van der Waals surface area contributed by atoms with E-state index in [1.807, 2.05) is 30.0 Å². The van der Waals surface area contributed by atoms with Crippen LogP contribution in [0, 0.1) is 0 Å². The zero-order chi connectivity index (χ0) is 14.1. The summed E-state index contributed by atoms with van der Waals surface area (Å²) in [6.07, 6.45) is 0. The Morgan fingerprint density at radius 2 is 2.10 bits per heavy atom. The average molecular weight is 272 g/mol. The number of rotatable bonds is 2. The van der Waals surface area contributed by atoms with Gasteiger partial charge in [0.15, 0.2) is 0 Å². The molecular formula is C14H16N4O2. The van der Waals surface area contributed by atoms with Gasteiger partial charge in [0, 0.05) is 13.1 Å². The van der Waals surface area contributed by atoms with E-state index in [0.717, 1.165) is 6.54 Å². The standard InChI is InChI=1S/C14H16N4O2/c1-9(18-7-6-15-12(19)8-18)13-16-11-5-3-2-4-10(11)14(20)17-13/h2-5,9H,6-8H2,1H3,(H,15,19)(H,16,17,20)/t9-/m0/s1. The molecule has 0 saturated carbocycles. The van der Waals surface area contributed by atoms with Crippen LogP contribution in [0.1, 0.15) is 18.8 Å². The van der Waals surface area contributed by atoms with Gasteiger partial charge in [-0.1, -0.05) is 12.1 Å². The number of H-pyrrole nitrogens is 1. The molecule has 2 N–H and O–H groups in total. The molecule has 1 saturated heterocycles. The molecule has 0 spiro atoms. The minimum atomic E-state index is -0.140. The molecule has 1 aromatic carbocycles. The van der Waals surface area contributed by atoms with Crippen LogP contribution in [0.25, 0.3) is 10.9 Å². The summed E-state index contributed by atoms with van der Waals surface area (Å²) in [7, 11) is 0. The van der Waals surface area contributed by atoms with Crippen molar-refractivity contribution >= 4 is 16.8 Å². The molecule has 1 amide bonds. The van der Waals surface area contributed by atoms with Gasteiger partial charge in [-0.05, 0) is 19.1 Å². The number of amides is 1. The van der Waals surface area contributed by atoms with E-state index in [9.17, 15) is 9.59 Å². The number of hydrogen-bond donors (Lipinski definition) is 2. The number of fused-ring (bicyclic) bond motifs is 1. The van der Waals surface area contributed by atoms with Gasteiger partial charge in [0.1, 0.15) is 5.82 Å². The molecule has 2 heterocycles. The van der Waals surface area contributed by atoms with Crippen molar-refractivity contribution in [1.82, 2.24) is 20.2 Å². The summed E-state index contributed by atoms with van der Waals surface area (Å²) < 4.78 is 0. The first-order valence-corrected chi connectivity index (χ1v) is 6.65. The maximum absolute atomic E-state index is 12.1. The molecule has 1 fully saturated rings. The number of benzene rings is 1. The molecule has 104 valence electrons. The van der Waals surface area contributed by atoms with Crippen molar-refractivity contribution in [3.63, 3.8) is 0 Å². The summed E-state index contributed by atoms with van der Waals surface area (Å²) >= 11 is 0. The van der Waals surface area contributed by atoms with Gasteiger partial charge in [0.2, 0.25) is 5.91 Å². The molecule has 0 aliphatic carbocycles. The number of hydrogen-bond acceptors (Lipinski definition) is 4. The second-order valence-electron chi connectivity index (χ2n) is 4.96. The van der Waals surface area contributed by atoms with Crippen LogP contribution in [0.15, 0.2) is 29.1 Å². The lowest BCUT2D eigenvalue weighted by Gasteiger charge is -2.31. The molecule has 1 atom stereocenters. The number of carbonyl (C=O) groups is 1. The summed E-state index contributed by atoms with van der Waals surface area (Å²) in [5.41, 5.74) is 0.540. The van der Waals surface area contributed by atoms with Crippen LogP contribution in [0.3, 0.4) is 0 Å². The maximum Gasteiger partial charge on any atom is 0.258 e. The van der Waals surface area contributed by atoms with Crippen molar-refractivity contribution in [2.45, 2.75) is 13.0 Å². The largest absolute Gasteiger partial charge is 0.354 e. The van der Waals surface area contributed by atoms with Crippen molar-refractivity contribution < 1.29 is 4.79 Å². The molecule has 3 rings (SSSR count). The summed E-state index contributed by atoms with van der Waals surface area (Å²) in [5, 5.41) is 3.37. The highest BCUT2D eigenvalue weighted by molar-refractivity contribution is 5.79. The minimum absolute atomic E-state index is 0.00577. The Morgan fingerprint density at radius 3 is 2.90 bits per heavy atom. The molecule has 0 unspecified atom stereocenters. The molecule has 6 heteroatoms. The molecule has 2 aromatic rings. The quantitative estimate of drug-likeness (QED) is 0.830. The Labute approximate surface area is 115 Å². The third-order valence-electron chi connectivity index (χ3n) is 3.64. The zero-order valence-electron chi connectivity index (χ0n) is 11.2. The number of carbonyl (C=O) groups excluding carboxylic acids is 1. The van der Waals surface area contributed by atoms with Crippen LogP contribution >= 0.6 is 0 Å². The molecule has 1 aliphatic rings. The molecule has 1 aliphatic heterocycles. The second-order valence-corrected chi connectivity index (χ2v) is 4.96. The smallest absolute Gasteiger partial charge is 0.258 e. The van der Waals surface area contributed by atoms with Gasteiger partial charge in [0.25, 0.3) is 5.56 Å². The van der Waals surface area contributed by atoms with Crippen molar-refractivity contribution in [2.24, 2.45) is 0 Å². The van der Waals surface area contributed by atoms with E-state index >= 15 is 0 Å². The number of nitrogens with zero attached hydrogens (tertiary/aromatic N) is 2. The third kappa shape index (κ3) is 2.30. The van der Waals surface area contributed by atoms with Gasteiger partial charge in [-0.25, -0.2) is 4.98 Å². The van der Waals surface area contributed by atoms with Crippen LogP contribution < -0.4 is 10.9 Å². The fourth-order valence-electron chi connectivity index (χ4n) is 2.46. The topological polar surface area (TPSA) is 78.1 Å². The Hall–Kier alpha value is -2.21. The first-order valence-electron chi connectivity index (χ1n) is 6.65. The highest BCUT2D eigenvalue weighted by Gasteiger charge is 2.24. The summed E-state index contributed by atoms with van der Waals surface area (Å²) in [5.74, 6) is 0.606. The van der Waals surface area contributed by atoms with Crippen molar-refractivity contribution in [2.75, 3.05) is 19.6 Å². The van der Waals surface area contributed by atoms with E-state index in [-0.39, 0.29) is 17.5 Å². The number of para-hydroxylation sites is 1. The second kappa shape index (κ2) is 5.05. The Kier molecular flexibility index (Phi) is 3.23. The fourth-order valence-corrected chi connectivity index (χ4v) is 2.46. The molecule has 6 nitrogen and oxygen atoms in total. The molecule has 0 bridgehead atoms. The molecule has 20 heavy (non-hydrogen) atoms. The fraction of sp³-hybridized carbons (Fsp3) is 0.357. The van der Waals surface area contributed by atoms with E-state index in [1.165, 1.54) is 0 Å². The SMILES string of the molecule is C[C@@H](c1nc2ccccc2c(=O)[nH]1)N1CCNC(=O)C1. The van der Waals surface area contributed by atoms with E-state index in [2.05, 4.69) is 15.3 Å². The normalized spacial score (nSPS) is 17.9. The lowest BCUT2D eigenvalue weighted by Crippen LogP contribution is -2.48. The van der Waals surface area contributed by atoms with Gasteiger partial charge in [-0.15, -0.1) is 0 Å². The van der Waals surface area contributed by atoms with E-state index < -0.39 is 0 Å². The number of aromatic nitrogens is 2. The van der Waals surface area contributed by atoms with Gasteiger partial charge in [0.05, 0.1) is 23.5 Å². The van der Waals surface area contributed by atoms with Gasteiger partial charge >= 0.3 is 0 Å². The van der Waals surface area contributed by atoms with Crippen LogP contribution in [0.5, 0.6) is 0 Å². The highest BCUT2D eigenvalue weighted by atomic mass is 16.2. The highest BCUT2D eigenvalue weighted by Crippen LogP contribution is 2.17.